The number of carbonyl (C=O) groups excluding carboxylic acids is 1. The maximum atomic E-state index is 12.4. The van der Waals surface area contributed by atoms with Crippen LogP contribution in [0.25, 0.3) is 11.1 Å². The van der Waals surface area contributed by atoms with Crippen LogP contribution in [0.2, 0.25) is 0 Å². The Morgan fingerprint density at radius 1 is 1.32 bits per heavy atom. The van der Waals surface area contributed by atoms with E-state index in [0.29, 0.717) is 12.6 Å². The Hall–Kier alpha value is -2.34. The molecule has 1 aliphatic rings. The lowest BCUT2D eigenvalue weighted by Crippen LogP contribution is -2.40. The number of aryl methyl sites for hydroxylation is 1. The fourth-order valence-electron chi connectivity index (χ4n) is 3.23. The number of hydrogen-bond acceptors (Lipinski definition) is 5. The lowest BCUT2D eigenvalue weighted by molar-refractivity contribution is -0.125. The first-order valence-electron chi connectivity index (χ1n) is 8.62. The summed E-state index contributed by atoms with van der Waals surface area (Å²) >= 11 is 1.69. The number of nitrogens with one attached hydrogen (secondary N) is 1. The van der Waals surface area contributed by atoms with Gasteiger partial charge in [0.15, 0.2) is 5.58 Å². The van der Waals surface area contributed by atoms with Crippen LogP contribution in [-0.4, -0.2) is 24.0 Å². The normalized spacial score (nSPS) is 15.6. The summed E-state index contributed by atoms with van der Waals surface area (Å²) in [4.78, 5) is 20.3. The molecule has 0 saturated carbocycles. The molecule has 0 radical (unpaired) electrons. The zero-order valence-electron chi connectivity index (χ0n) is 14.2. The third-order valence-corrected chi connectivity index (χ3v) is 5.83. The monoisotopic (exact) mass is 355 g/mol. The van der Waals surface area contributed by atoms with E-state index in [2.05, 4.69) is 33.6 Å². The zero-order valence-corrected chi connectivity index (χ0v) is 15.0. The number of piperidine rings is 1. The van der Waals surface area contributed by atoms with Crippen molar-refractivity contribution in [3.63, 3.8) is 0 Å². The first-order valence-corrected chi connectivity index (χ1v) is 9.50. The van der Waals surface area contributed by atoms with E-state index < -0.39 is 0 Å². The Kier molecular flexibility index (Phi) is 4.44. The summed E-state index contributed by atoms with van der Waals surface area (Å²) in [6.07, 6.45) is 1.65. The molecule has 25 heavy (non-hydrogen) atoms. The number of hydrogen-bond donors (Lipinski definition) is 1. The minimum Gasteiger partial charge on any atom is -0.423 e. The van der Waals surface area contributed by atoms with Crippen molar-refractivity contribution < 1.29 is 9.21 Å². The molecule has 5 nitrogen and oxygen atoms in total. The van der Waals surface area contributed by atoms with Crippen molar-refractivity contribution >= 4 is 34.4 Å². The molecule has 1 saturated heterocycles. The molecule has 0 bridgehead atoms. The molecule has 4 rings (SSSR count). The third kappa shape index (κ3) is 3.39. The van der Waals surface area contributed by atoms with Gasteiger partial charge >= 0.3 is 0 Å². The maximum absolute atomic E-state index is 12.4. The van der Waals surface area contributed by atoms with Gasteiger partial charge in [-0.2, -0.15) is 4.98 Å². The highest BCUT2D eigenvalue weighted by atomic mass is 32.1. The fraction of sp³-hybridized carbons (Fsp3) is 0.368. The summed E-state index contributed by atoms with van der Waals surface area (Å²) < 4.78 is 5.83. The van der Waals surface area contributed by atoms with Crippen molar-refractivity contribution in [3.05, 3.63) is 46.2 Å². The number of aromatic nitrogens is 1. The Morgan fingerprint density at radius 3 is 2.84 bits per heavy atom. The van der Waals surface area contributed by atoms with E-state index in [9.17, 15) is 4.79 Å². The van der Waals surface area contributed by atoms with Gasteiger partial charge in [-0.05, 0) is 48.9 Å². The fourth-order valence-corrected chi connectivity index (χ4v) is 4.07. The molecule has 2 aromatic heterocycles. The predicted octanol–water partition coefficient (Wildman–Crippen LogP) is 3.73. The molecule has 0 spiro atoms. The highest BCUT2D eigenvalue weighted by molar-refractivity contribution is 7.10. The van der Waals surface area contributed by atoms with E-state index in [1.807, 2.05) is 24.3 Å². The maximum Gasteiger partial charge on any atom is 0.298 e. The van der Waals surface area contributed by atoms with Crippen LogP contribution in [0.4, 0.5) is 6.01 Å². The van der Waals surface area contributed by atoms with Crippen molar-refractivity contribution in [2.24, 2.45) is 5.92 Å². The van der Waals surface area contributed by atoms with Gasteiger partial charge in [0.2, 0.25) is 5.91 Å². The molecule has 0 aliphatic carbocycles. The number of nitrogens with zero attached hydrogens (tertiary/aromatic N) is 2. The summed E-state index contributed by atoms with van der Waals surface area (Å²) in [5, 5.41) is 5.15. The van der Waals surface area contributed by atoms with Gasteiger partial charge in [-0.1, -0.05) is 12.1 Å². The second-order valence-electron chi connectivity index (χ2n) is 6.47. The van der Waals surface area contributed by atoms with Crippen LogP contribution in [0, 0.1) is 12.8 Å². The lowest BCUT2D eigenvalue weighted by Gasteiger charge is -2.30. The van der Waals surface area contributed by atoms with Gasteiger partial charge in [-0.15, -0.1) is 11.3 Å². The van der Waals surface area contributed by atoms with Crippen molar-refractivity contribution in [1.82, 2.24) is 10.3 Å². The molecule has 1 N–H and O–H groups in total. The molecule has 3 aromatic rings. The Balaban J connectivity index is 1.33. The van der Waals surface area contributed by atoms with Crippen molar-refractivity contribution in [1.29, 1.82) is 0 Å². The zero-order chi connectivity index (χ0) is 17.2. The first kappa shape index (κ1) is 16.1. The van der Waals surface area contributed by atoms with Crippen LogP contribution in [-0.2, 0) is 11.3 Å². The summed E-state index contributed by atoms with van der Waals surface area (Å²) in [5.41, 5.74) is 2.93. The predicted molar refractivity (Wildman–Crippen MR) is 99.8 cm³/mol. The van der Waals surface area contributed by atoms with Crippen molar-refractivity contribution in [2.45, 2.75) is 26.3 Å². The van der Waals surface area contributed by atoms with Crippen LogP contribution >= 0.6 is 11.3 Å². The number of anilines is 1. The van der Waals surface area contributed by atoms with Crippen molar-refractivity contribution in [2.75, 3.05) is 18.0 Å². The number of benzene rings is 1. The van der Waals surface area contributed by atoms with Gasteiger partial charge in [-0.3, -0.25) is 4.79 Å². The molecule has 1 amide bonds. The smallest absolute Gasteiger partial charge is 0.298 e. The number of carbonyl (C=O) groups is 1. The second kappa shape index (κ2) is 6.88. The minimum atomic E-state index is 0.0703. The Morgan fingerprint density at radius 2 is 2.12 bits per heavy atom. The summed E-state index contributed by atoms with van der Waals surface area (Å²) in [6, 6.07) is 10.5. The number of amides is 1. The number of oxazole rings is 1. The van der Waals surface area contributed by atoms with Crippen LogP contribution in [0.1, 0.15) is 23.3 Å². The van der Waals surface area contributed by atoms with Crippen molar-refractivity contribution in [3.8, 4) is 0 Å². The van der Waals surface area contributed by atoms with Crippen LogP contribution in [0.15, 0.2) is 40.1 Å². The molecular formula is C19H21N3O2S. The first-order chi connectivity index (χ1) is 12.2. The molecular weight excluding hydrogens is 334 g/mol. The molecule has 0 atom stereocenters. The van der Waals surface area contributed by atoms with Gasteiger partial charge in [-0.25, -0.2) is 0 Å². The van der Waals surface area contributed by atoms with Gasteiger partial charge in [0, 0.05) is 23.9 Å². The van der Waals surface area contributed by atoms with Crippen LogP contribution in [0.5, 0.6) is 0 Å². The molecule has 0 unspecified atom stereocenters. The van der Waals surface area contributed by atoms with Gasteiger partial charge in [0.1, 0.15) is 5.52 Å². The highest BCUT2D eigenvalue weighted by Crippen LogP contribution is 2.26. The molecule has 3 heterocycles. The van der Waals surface area contributed by atoms with E-state index in [1.54, 1.807) is 11.3 Å². The average molecular weight is 355 g/mol. The number of rotatable bonds is 4. The topological polar surface area (TPSA) is 58.4 Å². The quantitative estimate of drug-likeness (QED) is 0.775. The molecule has 1 aromatic carbocycles. The number of fused-ring (bicyclic) bond motifs is 1. The SMILES string of the molecule is Cc1ccsc1CNC(=O)C1CCN(c2nc3ccccc3o2)CC1. The summed E-state index contributed by atoms with van der Waals surface area (Å²) in [6.45, 7) is 4.30. The molecule has 130 valence electrons. The minimum absolute atomic E-state index is 0.0703. The van der Waals surface area contributed by atoms with E-state index in [-0.39, 0.29) is 11.8 Å². The van der Waals surface area contributed by atoms with Gasteiger partial charge in [0.25, 0.3) is 6.01 Å². The standard InChI is InChI=1S/C19H21N3O2S/c1-13-8-11-25-17(13)12-20-18(23)14-6-9-22(10-7-14)19-21-15-4-2-3-5-16(15)24-19/h2-5,8,11,14H,6-7,9-10,12H2,1H3,(H,20,23). The summed E-state index contributed by atoms with van der Waals surface area (Å²) in [7, 11) is 0. The molecule has 1 fully saturated rings. The largest absolute Gasteiger partial charge is 0.423 e. The average Bonchev–Trinajstić information content (AvgIpc) is 3.25. The highest BCUT2D eigenvalue weighted by Gasteiger charge is 2.27. The second-order valence-corrected chi connectivity index (χ2v) is 7.47. The van der Waals surface area contributed by atoms with E-state index in [1.165, 1.54) is 10.4 Å². The van der Waals surface area contributed by atoms with E-state index in [0.717, 1.165) is 37.0 Å². The Labute approximate surface area is 150 Å². The van der Waals surface area contributed by atoms with E-state index >= 15 is 0 Å². The number of thiophene rings is 1. The van der Waals surface area contributed by atoms with Gasteiger partial charge < -0.3 is 14.6 Å². The number of para-hydroxylation sites is 2. The molecule has 1 aliphatic heterocycles. The Bertz CT molecular complexity index is 845. The lowest BCUT2D eigenvalue weighted by atomic mass is 9.96. The molecule has 6 heteroatoms. The van der Waals surface area contributed by atoms with E-state index in [4.69, 9.17) is 4.42 Å². The third-order valence-electron chi connectivity index (χ3n) is 4.81. The van der Waals surface area contributed by atoms with Crippen LogP contribution < -0.4 is 10.2 Å². The summed E-state index contributed by atoms with van der Waals surface area (Å²) in [5.74, 6) is 0.228. The van der Waals surface area contributed by atoms with Crippen LogP contribution in [0.3, 0.4) is 0 Å². The van der Waals surface area contributed by atoms with Gasteiger partial charge in [0.05, 0.1) is 6.54 Å².